The summed E-state index contributed by atoms with van der Waals surface area (Å²) in [6.07, 6.45) is 6.47. The fourth-order valence-electron chi connectivity index (χ4n) is 2.37. The number of nitrogens with one attached hydrogen (secondary N) is 1. The molecule has 0 saturated heterocycles. The molecule has 3 N–H and O–H groups in total. The smallest absolute Gasteiger partial charge is 0.233 e. The molecule has 0 spiro atoms. The largest absolute Gasteiger partial charge is 0.392 e. The van der Waals surface area contributed by atoms with Gasteiger partial charge in [-0.3, -0.25) is 9.48 Å². The highest BCUT2D eigenvalue weighted by Crippen LogP contribution is 2.30. The second kappa shape index (κ2) is 7.94. The van der Waals surface area contributed by atoms with Crippen LogP contribution in [0.1, 0.15) is 39.5 Å². The van der Waals surface area contributed by atoms with E-state index >= 15 is 0 Å². The molecule has 0 radical (unpaired) electrons. The van der Waals surface area contributed by atoms with Crippen LogP contribution < -0.4 is 11.1 Å². The van der Waals surface area contributed by atoms with Crippen LogP contribution in [0.3, 0.4) is 0 Å². The van der Waals surface area contributed by atoms with Gasteiger partial charge in [0.05, 0.1) is 23.1 Å². The van der Waals surface area contributed by atoms with Crippen molar-refractivity contribution in [3.05, 3.63) is 12.4 Å². The Balaban J connectivity index is 2.64. The van der Waals surface area contributed by atoms with Crippen LogP contribution in [-0.2, 0) is 11.3 Å². The summed E-state index contributed by atoms with van der Waals surface area (Å²) in [7, 11) is 0. The summed E-state index contributed by atoms with van der Waals surface area (Å²) in [6.45, 7) is 5.13. The van der Waals surface area contributed by atoms with Crippen LogP contribution in [-0.4, -0.2) is 32.4 Å². The predicted octanol–water partition coefficient (Wildman–Crippen LogP) is 1.27. The van der Waals surface area contributed by atoms with Crippen LogP contribution in [0.4, 0.5) is 0 Å². The number of carbonyl (C=O) groups excluding carboxylic acids is 1. The first-order valence-electron chi connectivity index (χ1n) is 6.99. The molecule has 0 bridgehead atoms. The van der Waals surface area contributed by atoms with Gasteiger partial charge in [0.1, 0.15) is 0 Å². The van der Waals surface area contributed by atoms with E-state index in [1.165, 1.54) is 0 Å². The zero-order chi connectivity index (χ0) is 15.0. The lowest BCUT2D eigenvalue weighted by Crippen LogP contribution is -2.49. The number of hydrogen-bond donors (Lipinski definition) is 2. The Bertz CT molecular complexity index is 426. The van der Waals surface area contributed by atoms with E-state index in [1.807, 2.05) is 13.8 Å². The summed E-state index contributed by atoms with van der Waals surface area (Å²) in [6, 6.07) is 0. The fraction of sp³-hybridized carbons (Fsp3) is 0.692. The Labute approximate surface area is 125 Å². The maximum Gasteiger partial charge on any atom is 0.233 e. The zero-order valence-electron chi connectivity index (χ0n) is 12.1. The first-order valence-corrected chi connectivity index (χ1v) is 7.40. The van der Waals surface area contributed by atoms with Gasteiger partial charge in [0.2, 0.25) is 5.91 Å². The zero-order valence-corrected chi connectivity index (χ0v) is 12.9. The van der Waals surface area contributed by atoms with Crippen molar-refractivity contribution < 1.29 is 4.79 Å². The van der Waals surface area contributed by atoms with Crippen molar-refractivity contribution in [3.63, 3.8) is 0 Å². The molecule has 1 amide bonds. The van der Waals surface area contributed by atoms with E-state index in [2.05, 4.69) is 15.6 Å². The van der Waals surface area contributed by atoms with Gasteiger partial charge in [0.15, 0.2) is 0 Å². The molecule has 112 valence electrons. The molecule has 0 atom stereocenters. The van der Waals surface area contributed by atoms with E-state index in [1.54, 1.807) is 17.1 Å². The third-order valence-electron chi connectivity index (χ3n) is 3.36. The lowest BCUT2D eigenvalue weighted by molar-refractivity contribution is -0.128. The Kier molecular flexibility index (Phi) is 6.57. The van der Waals surface area contributed by atoms with Crippen molar-refractivity contribution >= 4 is 23.1 Å². The highest BCUT2D eigenvalue weighted by atomic mass is 32.1. The third kappa shape index (κ3) is 4.00. The Morgan fingerprint density at radius 1 is 1.40 bits per heavy atom. The molecule has 0 unspecified atom stereocenters. The molecular formula is C13H23N5OS. The van der Waals surface area contributed by atoms with Crippen LogP contribution in [0.25, 0.3) is 0 Å². The highest BCUT2D eigenvalue weighted by molar-refractivity contribution is 7.80. The molecule has 7 heteroatoms. The monoisotopic (exact) mass is 297 g/mol. The summed E-state index contributed by atoms with van der Waals surface area (Å²) in [5, 5.41) is 10.5. The molecule has 1 rings (SSSR count). The Hall–Kier alpha value is -1.50. The molecule has 6 nitrogen and oxygen atoms in total. The average Bonchev–Trinajstić information content (AvgIpc) is 2.91. The van der Waals surface area contributed by atoms with E-state index in [9.17, 15) is 4.79 Å². The molecule has 0 saturated carbocycles. The molecule has 1 heterocycles. The topological polar surface area (TPSA) is 85.8 Å². The van der Waals surface area contributed by atoms with Crippen molar-refractivity contribution in [3.8, 4) is 0 Å². The lowest BCUT2D eigenvalue weighted by atomic mass is 9.78. The second-order valence-corrected chi connectivity index (χ2v) is 5.31. The maximum absolute atomic E-state index is 12.5. The number of hydrogen-bond acceptors (Lipinski definition) is 4. The molecule has 0 aromatic carbocycles. The number of aromatic nitrogens is 3. The van der Waals surface area contributed by atoms with Gasteiger partial charge in [-0.05, 0) is 12.8 Å². The van der Waals surface area contributed by atoms with Crippen LogP contribution >= 0.6 is 12.2 Å². The minimum atomic E-state index is -0.721. The van der Waals surface area contributed by atoms with Gasteiger partial charge < -0.3 is 11.1 Å². The van der Waals surface area contributed by atoms with Crippen LogP contribution in [0, 0.1) is 5.41 Å². The van der Waals surface area contributed by atoms with Crippen molar-refractivity contribution in [1.29, 1.82) is 0 Å². The average molecular weight is 297 g/mol. The number of nitrogens with two attached hydrogens (primary N) is 1. The lowest BCUT2D eigenvalue weighted by Gasteiger charge is -2.31. The van der Waals surface area contributed by atoms with Gasteiger partial charge in [-0.15, -0.1) is 5.10 Å². The number of rotatable bonds is 9. The Morgan fingerprint density at radius 3 is 2.50 bits per heavy atom. The predicted molar refractivity (Wildman–Crippen MR) is 82.1 cm³/mol. The fourth-order valence-corrected chi connectivity index (χ4v) is 2.67. The summed E-state index contributed by atoms with van der Waals surface area (Å²) in [5.74, 6) is -0.0752. The van der Waals surface area contributed by atoms with Crippen molar-refractivity contribution in [2.75, 3.05) is 6.54 Å². The van der Waals surface area contributed by atoms with Crippen molar-refractivity contribution in [1.82, 2.24) is 20.3 Å². The standard InChI is InChI=1S/C13H23N5OS/c1-3-5-13(6-4-2,11(14)20)12(19)15-7-9-18-10-8-16-17-18/h8,10H,3-7,9H2,1-2H3,(H2,14,20)(H,15,19). The number of amides is 1. The van der Waals surface area contributed by atoms with Gasteiger partial charge in [0.25, 0.3) is 0 Å². The van der Waals surface area contributed by atoms with E-state index < -0.39 is 5.41 Å². The first kappa shape index (κ1) is 16.6. The molecule has 1 aromatic rings. The molecule has 0 aliphatic rings. The third-order valence-corrected chi connectivity index (χ3v) is 3.75. The van der Waals surface area contributed by atoms with E-state index in [0.29, 0.717) is 30.9 Å². The first-order chi connectivity index (χ1) is 9.56. The summed E-state index contributed by atoms with van der Waals surface area (Å²) in [4.78, 5) is 12.8. The molecule has 0 aliphatic carbocycles. The number of carbonyl (C=O) groups is 1. The highest BCUT2D eigenvalue weighted by Gasteiger charge is 2.39. The van der Waals surface area contributed by atoms with E-state index in [0.717, 1.165) is 12.8 Å². The van der Waals surface area contributed by atoms with E-state index in [-0.39, 0.29) is 5.91 Å². The van der Waals surface area contributed by atoms with Gasteiger partial charge in [-0.2, -0.15) is 0 Å². The van der Waals surface area contributed by atoms with Gasteiger partial charge in [-0.1, -0.05) is 44.1 Å². The molecule has 0 aliphatic heterocycles. The normalized spacial score (nSPS) is 11.3. The van der Waals surface area contributed by atoms with Crippen LogP contribution in [0.2, 0.25) is 0 Å². The number of nitrogens with zero attached hydrogens (tertiary/aromatic N) is 3. The molecule has 1 aromatic heterocycles. The minimum absolute atomic E-state index is 0.0752. The van der Waals surface area contributed by atoms with Crippen LogP contribution in [0.5, 0.6) is 0 Å². The summed E-state index contributed by atoms with van der Waals surface area (Å²) in [5.41, 5.74) is 5.13. The van der Waals surface area contributed by atoms with Crippen molar-refractivity contribution in [2.24, 2.45) is 11.1 Å². The van der Waals surface area contributed by atoms with Crippen molar-refractivity contribution in [2.45, 2.75) is 46.1 Å². The second-order valence-electron chi connectivity index (χ2n) is 4.87. The SMILES string of the molecule is CCCC(CCC)(C(=O)NCCn1ccnn1)C(N)=S. The summed E-state index contributed by atoms with van der Waals surface area (Å²) < 4.78 is 1.67. The summed E-state index contributed by atoms with van der Waals surface area (Å²) >= 11 is 5.16. The Morgan fingerprint density at radius 2 is 2.05 bits per heavy atom. The quantitative estimate of drug-likeness (QED) is 0.670. The molecular weight excluding hydrogens is 274 g/mol. The van der Waals surface area contributed by atoms with Crippen LogP contribution in [0.15, 0.2) is 12.4 Å². The molecule has 20 heavy (non-hydrogen) atoms. The van der Waals surface area contributed by atoms with Gasteiger partial charge in [-0.25, -0.2) is 0 Å². The number of thiocarbonyl (C=S) groups is 1. The maximum atomic E-state index is 12.5. The van der Waals surface area contributed by atoms with E-state index in [4.69, 9.17) is 18.0 Å². The molecule has 0 fully saturated rings. The van der Waals surface area contributed by atoms with Gasteiger partial charge >= 0.3 is 0 Å². The minimum Gasteiger partial charge on any atom is -0.392 e. The van der Waals surface area contributed by atoms with Gasteiger partial charge in [0, 0.05) is 12.7 Å².